The highest BCUT2D eigenvalue weighted by atomic mass is 16.6. The number of hydrogen-bond acceptors (Lipinski definition) is 6. The number of nitro benzene ring substituents is 1. The van der Waals surface area contributed by atoms with E-state index in [9.17, 15) is 10.1 Å². The maximum absolute atomic E-state index is 10.7. The predicted octanol–water partition coefficient (Wildman–Crippen LogP) is 0.257. The molecule has 0 saturated heterocycles. The number of nitriles is 1. The van der Waals surface area contributed by atoms with E-state index in [-0.39, 0.29) is 37.6 Å². The molecule has 2 N–H and O–H groups in total. The van der Waals surface area contributed by atoms with Crippen LogP contribution in [0.25, 0.3) is 0 Å². The molecule has 7 heteroatoms. The van der Waals surface area contributed by atoms with E-state index in [0.29, 0.717) is 5.69 Å². The van der Waals surface area contributed by atoms with E-state index in [1.54, 1.807) is 11.0 Å². The van der Waals surface area contributed by atoms with Gasteiger partial charge in [-0.05, 0) is 12.1 Å². The van der Waals surface area contributed by atoms with Crippen LogP contribution < -0.4 is 4.90 Å². The van der Waals surface area contributed by atoms with Gasteiger partial charge in [0.05, 0.1) is 18.1 Å². The summed E-state index contributed by atoms with van der Waals surface area (Å²) in [6.45, 7) is 0.338. The van der Waals surface area contributed by atoms with Crippen LogP contribution in [-0.2, 0) is 0 Å². The molecule has 1 aromatic rings. The monoisotopic (exact) mass is 251 g/mol. The number of nitrogens with zero attached hydrogens (tertiary/aromatic N) is 3. The van der Waals surface area contributed by atoms with E-state index in [1.165, 1.54) is 18.2 Å². The second-order valence-electron chi connectivity index (χ2n) is 3.50. The minimum Gasteiger partial charge on any atom is -0.395 e. The maximum atomic E-state index is 10.7. The van der Waals surface area contributed by atoms with Crippen LogP contribution in [0, 0.1) is 21.4 Å². The predicted molar refractivity (Wildman–Crippen MR) is 64.2 cm³/mol. The summed E-state index contributed by atoms with van der Waals surface area (Å²) in [6.07, 6.45) is 0. The molecule has 0 aliphatic carbocycles. The van der Waals surface area contributed by atoms with Crippen molar-refractivity contribution in [2.45, 2.75) is 0 Å². The maximum Gasteiger partial charge on any atom is 0.287 e. The van der Waals surface area contributed by atoms with Crippen molar-refractivity contribution in [1.29, 1.82) is 5.26 Å². The zero-order valence-corrected chi connectivity index (χ0v) is 9.61. The van der Waals surface area contributed by atoms with Gasteiger partial charge in [-0.3, -0.25) is 10.1 Å². The zero-order chi connectivity index (χ0) is 13.5. The molecule has 0 spiro atoms. The van der Waals surface area contributed by atoms with Crippen molar-refractivity contribution in [2.75, 3.05) is 31.2 Å². The molecule has 0 amide bonds. The molecule has 0 radical (unpaired) electrons. The first-order valence-corrected chi connectivity index (χ1v) is 5.29. The average molecular weight is 251 g/mol. The van der Waals surface area contributed by atoms with Crippen LogP contribution in [0.5, 0.6) is 0 Å². The first-order chi connectivity index (χ1) is 8.63. The van der Waals surface area contributed by atoms with Gasteiger partial charge in [-0.1, -0.05) is 0 Å². The Labute approximate surface area is 104 Å². The van der Waals surface area contributed by atoms with Gasteiger partial charge >= 0.3 is 0 Å². The summed E-state index contributed by atoms with van der Waals surface area (Å²) in [6, 6.07) is 5.88. The highest BCUT2D eigenvalue weighted by Crippen LogP contribution is 2.24. The van der Waals surface area contributed by atoms with Gasteiger partial charge in [0.25, 0.3) is 5.69 Å². The van der Waals surface area contributed by atoms with Crippen molar-refractivity contribution in [2.24, 2.45) is 0 Å². The molecular weight excluding hydrogens is 238 g/mol. The summed E-state index contributed by atoms with van der Waals surface area (Å²) in [5, 5.41) is 37.3. The lowest BCUT2D eigenvalue weighted by atomic mass is 10.1. The Balaban J connectivity index is 3.10. The van der Waals surface area contributed by atoms with Crippen LogP contribution in [0.2, 0.25) is 0 Å². The Bertz CT molecular complexity index is 464. The molecule has 1 rings (SSSR count). The average Bonchev–Trinajstić information content (AvgIpc) is 2.37. The number of anilines is 1. The highest BCUT2D eigenvalue weighted by molar-refractivity contribution is 5.59. The van der Waals surface area contributed by atoms with Crippen LogP contribution in [-0.4, -0.2) is 41.4 Å². The molecule has 96 valence electrons. The summed E-state index contributed by atoms with van der Waals surface area (Å²) in [7, 11) is 0. The lowest BCUT2D eigenvalue weighted by Gasteiger charge is -2.22. The molecular formula is C11H13N3O4. The van der Waals surface area contributed by atoms with Crippen molar-refractivity contribution in [3.63, 3.8) is 0 Å². The van der Waals surface area contributed by atoms with Crippen LogP contribution in [0.4, 0.5) is 11.4 Å². The van der Waals surface area contributed by atoms with Gasteiger partial charge in [-0.15, -0.1) is 0 Å². The largest absolute Gasteiger partial charge is 0.395 e. The minimum atomic E-state index is -0.620. The summed E-state index contributed by atoms with van der Waals surface area (Å²) in [4.78, 5) is 11.7. The van der Waals surface area contributed by atoms with Gasteiger partial charge in [0, 0.05) is 24.8 Å². The molecule has 0 fully saturated rings. The fourth-order valence-corrected chi connectivity index (χ4v) is 1.58. The van der Waals surface area contributed by atoms with Crippen molar-refractivity contribution < 1.29 is 15.1 Å². The number of aliphatic hydroxyl groups excluding tert-OH is 2. The van der Waals surface area contributed by atoms with Gasteiger partial charge in [-0.25, -0.2) is 0 Å². The van der Waals surface area contributed by atoms with Crippen LogP contribution >= 0.6 is 0 Å². The molecule has 0 heterocycles. The fourth-order valence-electron chi connectivity index (χ4n) is 1.58. The van der Waals surface area contributed by atoms with Gasteiger partial charge in [-0.2, -0.15) is 5.26 Å². The van der Waals surface area contributed by atoms with Crippen molar-refractivity contribution in [1.82, 2.24) is 0 Å². The first kappa shape index (κ1) is 13.9. The third-order valence-electron chi connectivity index (χ3n) is 2.40. The molecule has 1 aromatic carbocycles. The van der Waals surface area contributed by atoms with E-state index in [2.05, 4.69) is 0 Å². The number of aliphatic hydroxyl groups is 2. The third kappa shape index (κ3) is 3.16. The van der Waals surface area contributed by atoms with Crippen LogP contribution in [0.1, 0.15) is 5.56 Å². The van der Waals surface area contributed by atoms with Gasteiger partial charge < -0.3 is 15.1 Å². The van der Waals surface area contributed by atoms with Crippen LogP contribution in [0.3, 0.4) is 0 Å². The number of benzene rings is 1. The second kappa shape index (κ2) is 6.54. The van der Waals surface area contributed by atoms with Crippen molar-refractivity contribution >= 4 is 11.4 Å². The molecule has 0 aromatic heterocycles. The topological polar surface area (TPSA) is 111 Å². The fraction of sp³-hybridized carbons (Fsp3) is 0.364. The zero-order valence-electron chi connectivity index (χ0n) is 9.61. The molecule has 0 saturated carbocycles. The molecule has 0 aliphatic heterocycles. The van der Waals surface area contributed by atoms with Gasteiger partial charge in [0.1, 0.15) is 11.6 Å². The molecule has 7 nitrogen and oxygen atoms in total. The first-order valence-electron chi connectivity index (χ1n) is 5.29. The molecule has 0 unspecified atom stereocenters. The lowest BCUT2D eigenvalue weighted by Crippen LogP contribution is -2.29. The summed E-state index contributed by atoms with van der Waals surface area (Å²) < 4.78 is 0. The number of hydrogen-bond donors (Lipinski definition) is 2. The SMILES string of the molecule is N#Cc1cc(N(CCO)CCO)ccc1[N+](=O)[O-]. The Morgan fingerprint density at radius 1 is 1.33 bits per heavy atom. The standard InChI is InChI=1S/C11H13N3O4/c12-8-9-7-10(1-2-11(9)14(17)18)13(3-5-15)4-6-16/h1-2,7,15-16H,3-6H2. The van der Waals surface area contributed by atoms with Crippen LogP contribution in [0.15, 0.2) is 18.2 Å². The molecule has 0 aliphatic rings. The Morgan fingerprint density at radius 3 is 2.39 bits per heavy atom. The third-order valence-corrected chi connectivity index (χ3v) is 2.40. The van der Waals surface area contributed by atoms with E-state index >= 15 is 0 Å². The van der Waals surface area contributed by atoms with Gasteiger partial charge in [0.2, 0.25) is 0 Å². The van der Waals surface area contributed by atoms with E-state index in [4.69, 9.17) is 15.5 Å². The minimum absolute atomic E-state index is 0.0432. The van der Waals surface area contributed by atoms with E-state index < -0.39 is 4.92 Å². The van der Waals surface area contributed by atoms with Crippen molar-refractivity contribution in [3.05, 3.63) is 33.9 Å². The molecule has 0 atom stereocenters. The van der Waals surface area contributed by atoms with E-state index in [0.717, 1.165) is 0 Å². The molecule has 18 heavy (non-hydrogen) atoms. The Hall–Kier alpha value is -2.17. The Morgan fingerprint density at radius 2 is 1.94 bits per heavy atom. The Kier molecular flexibility index (Phi) is 5.05. The summed E-state index contributed by atoms with van der Waals surface area (Å²) >= 11 is 0. The number of nitro groups is 1. The van der Waals surface area contributed by atoms with E-state index in [1.807, 2.05) is 0 Å². The summed E-state index contributed by atoms with van der Waals surface area (Å²) in [5.41, 5.74) is 0.257. The number of rotatable bonds is 6. The van der Waals surface area contributed by atoms with Crippen molar-refractivity contribution in [3.8, 4) is 6.07 Å². The summed E-state index contributed by atoms with van der Waals surface area (Å²) in [5.74, 6) is 0. The highest BCUT2D eigenvalue weighted by Gasteiger charge is 2.15. The normalized spacial score (nSPS) is 9.83. The van der Waals surface area contributed by atoms with Gasteiger partial charge in [0.15, 0.2) is 0 Å². The molecule has 0 bridgehead atoms. The lowest BCUT2D eigenvalue weighted by molar-refractivity contribution is -0.385. The second-order valence-corrected chi connectivity index (χ2v) is 3.50. The smallest absolute Gasteiger partial charge is 0.287 e. The quantitative estimate of drug-likeness (QED) is 0.554.